The Balaban J connectivity index is 2.66. The molecule has 4 heteroatoms. The Morgan fingerprint density at radius 2 is 2.06 bits per heavy atom. The summed E-state index contributed by atoms with van der Waals surface area (Å²) in [7, 11) is 1.97. The molecule has 2 unspecified atom stereocenters. The highest BCUT2D eigenvalue weighted by Crippen LogP contribution is 2.22. The van der Waals surface area contributed by atoms with Gasteiger partial charge in [-0.1, -0.05) is 32.0 Å². The number of para-hydroxylation sites is 1. The molecule has 100 valence electrons. The molecule has 2 atom stereocenters. The van der Waals surface area contributed by atoms with Gasteiger partial charge in [0.2, 0.25) is 0 Å². The van der Waals surface area contributed by atoms with Crippen LogP contribution >= 0.6 is 0 Å². The van der Waals surface area contributed by atoms with E-state index in [0.717, 1.165) is 24.8 Å². The van der Waals surface area contributed by atoms with E-state index in [4.69, 9.17) is 0 Å². The summed E-state index contributed by atoms with van der Waals surface area (Å²) in [5.74, 6) is 0.514. The van der Waals surface area contributed by atoms with Crippen LogP contribution in [0.3, 0.4) is 0 Å². The lowest BCUT2D eigenvalue weighted by Crippen LogP contribution is -2.31. The van der Waals surface area contributed by atoms with Crippen LogP contribution in [0.4, 0.5) is 5.69 Å². The minimum absolute atomic E-state index is 0.238. The van der Waals surface area contributed by atoms with Gasteiger partial charge in [0, 0.05) is 17.7 Å². The van der Waals surface area contributed by atoms with Gasteiger partial charge in [0.05, 0.1) is 4.92 Å². The standard InChI is InChI=1S/C14H22N2O2/c1-4-13(15-3)11(2)9-10-12-7-5-6-8-14(12)16(17)18/h5-8,11,13,15H,4,9-10H2,1-3H3. The molecule has 0 aliphatic rings. The van der Waals surface area contributed by atoms with Gasteiger partial charge >= 0.3 is 0 Å². The van der Waals surface area contributed by atoms with E-state index >= 15 is 0 Å². The van der Waals surface area contributed by atoms with Gasteiger partial charge in [0.15, 0.2) is 0 Å². The van der Waals surface area contributed by atoms with Gasteiger partial charge in [0.25, 0.3) is 5.69 Å². The van der Waals surface area contributed by atoms with Gasteiger partial charge in [-0.3, -0.25) is 10.1 Å². The van der Waals surface area contributed by atoms with Crippen LogP contribution in [0.25, 0.3) is 0 Å². The molecule has 0 saturated carbocycles. The van der Waals surface area contributed by atoms with E-state index in [1.54, 1.807) is 12.1 Å². The molecule has 4 nitrogen and oxygen atoms in total. The highest BCUT2D eigenvalue weighted by Gasteiger charge is 2.16. The predicted octanol–water partition coefficient (Wildman–Crippen LogP) is 3.16. The van der Waals surface area contributed by atoms with Crippen molar-refractivity contribution in [3.8, 4) is 0 Å². The maximum atomic E-state index is 10.9. The van der Waals surface area contributed by atoms with E-state index in [2.05, 4.69) is 19.2 Å². The Hall–Kier alpha value is -1.42. The summed E-state index contributed by atoms with van der Waals surface area (Å²) in [6.45, 7) is 4.35. The summed E-state index contributed by atoms with van der Waals surface area (Å²) in [6.07, 6.45) is 2.80. The first kappa shape index (κ1) is 14.6. The minimum Gasteiger partial charge on any atom is -0.317 e. The highest BCUT2D eigenvalue weighted by molar-refractivity contribution is 5.39. The Kier molecular flexibility index (Phi) is 5.78. The molecule has 0 aliphatic carbocycles. The van der Waals surface area contributed by atoms with Crippen LogP contribution in [0.15, 0.2) is 24.3 Å². The van der Waals surface area contributed by atoms with E-state index in [0.29, 0.717) is 12.0 Å². The van der Waals surface area contributed by atoms with E-state index in [9.17, 15) is 10.1 Å². The van der Waals surface area contributed by atoms with Crippen LogP contribution in [-0.4, -0.2) is 18.0 Å². The zero-order valence-electron chi connectivity index (χ0n) is 11.3. The van der Waals surface area contributed by atoms with E-state index in [-0.39, 0.29) is 10.6 Å². The lowest BCUT2D eigenvalue weighted by Gasteiger charge is -2.22. The van der Waals surface area contributed by atoms with Crippen molar-refractivity contribution in [2.24, 2.45) is 5.92 Å². The molecule has 1 aromatic rings. The van der Waals surface area contributed by atoms with Gasteiger partial charge in [-0.2, -0.15) is 0 Å². The SMILES string of the molecule is CCC(NC)C(C)CCc1ccccc1[N+](=O)[O-]. The van der Waals surface area contributed by atoms with Crippen LogP contribution in [0, 0.1) is 16.0 Å². The molecule has 0 amide bonds. The topological polar surface area (TPSA) is 55.2 Å². The fourth-order valence-electron chi connectivity index (χ4n) is 2.38. The second kappa shape index (κ2) is 7.11. The number of nitrogens with one attached hydrogen (secondary N) is 1. The van der Waals surface area contributed by atoms with Crippen molar-refractivity contribution < 1.29 is 4.92 Å². The smallest absolute Gasteiger partial charge is 0.272 e. The molecule has 0 aromatic heterocycles. The third kappa shape index (κ3) is 3.81. The minimum atomic E-state index is -0.296. The molecule has 0 heterocycles. The number of nitro benzene ring substituents is 1. The van der Waals surface area contributed by atoms with Crippen molar-refractivity contribution in [3.63, 3.8) is 0 Å². The van der Waals surface area contributed by atoms with E-state index in [1.807, 2.05) is 19.2 Å². The third-order valence-electron chi connectivity index (χ3n) is 3.55. The molecular formula is C14H22N2O2. The van der Waals surface area contributed by atoms with Crippen LogP contribution in [0.2, 0.25) is 0 Å². The highest BCUT2D eigenvalue weighted by atomic mass is 16.6. The zero-order valence-corrected chi connectivity index (χ0v) is 11.3. The molecule has 0 radical (unpaired) electrons. The third-order valence-corrected chi connectivity index (χ3v) is 3.55. The van der Waals surface area contributed by atoms with E-state index < -0.39 is 0 Å². The predicted molar refractivity (Wildman–Crippen MR) is 73.7 cm³/mol. The number of nitro groups is 1. The van der Waals surface area contributed by atoms with Gasteiger partial charge < -0.3 is 5.32 Å². The van der Waals surface area contributed by atoms with Crippen LogP contribution < -0.4 is 5.32 Å². The normalized spacial score (nSPS) is 14.2. The van der Waals surface area contributed by atoms with Gasteiger partial charge in [0.1, 0.15) is 0 Å². The average molecular weight is 250 g/mol. The molecule has 1 N–H and O–H groups in total. The van der Waals surface area contributed by atoms with E-state index in [1.165, 1.54) is 0 Å². The van der Waals surface area contributed by atoms with Crippen LogP contribution in [-0.2, 0) is 6.42 Å². The summed E-state index contributed by atoms with van der Waals surface area (Å²) < 4.78 is 0. The number of rotatable bonds is 7. The Morgan fingerprint density at radius 3 is 2.61 bits per heavy atom. The summed E-state index contributed by atoms with van der Waals surface area (Å²) in [4.78, 5) is 10.6. The van der Waals surface area contributed by atoms with Crippen LogP contribution in [0.1, 0.15) is 32.3 Å². The molecular weight excluding hydrogens is 228 g/mol. The monoisotopic (exact) mass is 250 g/mol. The maximum absolute atomic E-state index is 10.9. The first-order chi connectivity index (χ1) is 8.60. The van der Waals surface area contributed by atoms with Gasteiger partial charge in [-0.05, 0) is 32.2 Å². The first-order valence-corrected chi connectivity index (χ1v) is 6.49. The summed E-state index contributed by atoms with van der Waals surface area (Å²) >= 11 is 0. The number of hydrogen-bond acceptors (Lipinski definition) is 3. The summed E-state index contributed by atoms with van der Waals surface area (Å²) in [5, 5.41) is 14.2. The Labute approximate surface area is 109 Å². The van der Waals surface area contributed by atoms with Crippen molar-refractivity contribution in [2.75, 3.05) is 7.05 Å². The fourth-order valence-corrected chi connectivity index (χ4v) is 2.38. The zero-order chi connectivity index (χ0) is 13.5. The molecule has 0 spiro atoms. The summed E-state index contributed by atoms with van der Waals surface area (Å²) in [5.41, 5.74) is 1.07. The second-order valence-electron chi connectivity index (χ2n) is 4.71. The molecule has 18 heavy (non-hydrogen) atoms. The summed E-state index contributed by atoms with van der Waals surface area (Å²) in [6, 6.07) is 7.49. The lowest BCUT2D eigenvalue weighted by atomic mass is 9.92. The van der Waals surface area contributed by atoms with Crippen LogP contribution in [0.5, 0.6) is 0 Å². The molecule has 0 saturated heterocycles. The van der Waals surface area contributed by atoms with Crippen molar-refractivity contribution in [1.82, 2.24) is 5.32 Å². The first-order valence-electron chi connectivity index (χ1n) is 6.49. The van der Waals surface area contributed by atoms with Gasteiger partial charge in [-0.25, -0.2) is 0 Å². The number of benzene rings is 1. The number of nitrogens with zero attached hydrogens (tertiary/aromatic N) is 1. The quantitative estimate of drug-likeness (QED) is 0.597. The number of hydrogen-bond donors (Lipinski definition) is 1. The fraction of sp³-hybridized carbons (Fsp3) is 0.571. The second-order valence-corrected chi connectivity index (χ2v) is 4.71. The molecule has 1 rings (SSSR count). The average Bonchev–Trinajstić information content (AvgIpc) is 2.38. The van der Waals surface area contributed by atoms with Crippen molar-refractivity contribution in [1.29, 1.82) is 0 Å². The molecule has 0 fully saturated rings. The molecule has 1 aromatic carbocycles. The lowest BCUT2D eigenvalue weighted by molar-refractivity contribution is -0.385. The molecule has 0 aliphatic heterocycles. The van der Waals surface area contributed by atoms with Gasteiger partial charge in [-0.15, -0.1) is 0 Å². The maximum Gasteiger partial charge on any atom is 0.272 e. The van der Waals surface area contributed by atoms with Crippen molar-refractivity contribution in [2.45, 2.75) is 39.2 Å². The Bertz CT molecular complexity index is 389. The number of aryl methyl sites for hydroxylation is 1. The van der Waals surface area contributed by atoms with Crippen molar-refractivity contribution in [3.05, 3.63) is 39.9 Å². The Morgan fingerprint density at radius 1 is 1.39 bits per heavy atom. The largest absolute Gasteiger partial charge is 0.317 e. The van der Waals surface area contributed by atoms with Crippen molar-refractivity contribution >= 4 is 5.69 Å². The molecule has 0 bridgehead atoms.